The fourth-order valence-electron chi connectivity index (χ4n) is 5.52. The molecular formula is C31H51NO26S. The molecule has 1 aromatic rings. The first-order chi connectivity index (χ1) is 27.5. The molecule has 5 rings (SSSR count). The Hall–Kier alpha value is -2.57. The molecule has 0 bridgehead atoms. The third-order valence-electron chi connectivity index (χ3n) is 9.07. The summed E-state index contributed by atoms with van der Waals surface area (Å²) < 4.78 is 44.2. The van der Waals surface area contributed by atoms with Gasteiger partial charge < -0.3 is 116 Å². The molecule has 19 N–H and O–H groups in total. The van der Waals surface area contributed by atoms with Gasteiger partial charge in [-0.15, -0.1) is 0 Å². The maximum atomic E-state index is 11.1. The molecular weight excluding hydrogens is 834 g/mol. The largest absolute Gasteiger partial charge is 0.394 e. The van der Waals surface area contributed by atoms with Gasteiger partial charge in [0, 0.05) is 0 Å². The van der Waals surface area contributed by atoms with Crippen molar-refractivity contribution in [2.24, 2.45) is 0 Å². The summed E-state index contributed by atoms with van der Waals surface area (Å²) >= 11 is 0. The van der Waals surface area contributed by atoms with E-state index in [1.807, 2.05) is 4.72 Å². The molecule has 4 aliphatic rings. The summed E-state index contributed by atoms with van der Waals surface area (Å²) in [5, 5.41) is 165. The molecule has 0 radical (unpaired) electrons. The first kappa shape index (κ1) is 52.6. The van der Waals surface area contributed by atoms with Gasteiger partial charge in [-0.05, 0) is 12.1 Å². The molecule has 0 aromatic heterocycles. The molecule has 0 saturated carbocycles. The molecule has 1 amide bonds. The van der Waals surface area contributed by atoms with Crippen LogP contribution in [0.25, 0.3) is 0 Å². The summed E-state index contributed by atoms with van der Waals surface area (Å²) in [5.74, 6) is -4.93. The van der Waals surface area contributed by atoms with Crippen LogP contribution in [0, 0.1) is 0 Å². The number of amides is 1. The second-order valence-corrected chi connectivity index (χ2v) is 14.8. The van der Waals surface area contributed by atoms with E-state index in [0.717, 1.165) is 0 Å². The smallest absolute Gasteiger partial charge is 0.266 e. The van der Waals surface area contributed by atoms with E-state index >= 15 is 0 Å². The van der Waals surface area contributed by atoms with Crippen LogP contribution in [-0.2, 0) is 33.8 Å². The van der Waals surface area contributed by atoms with Crippen LogP contribution in [0.15, 0.2) is 29.2 Å². The zero-order valence-corrected chi connectivity index (χ0v) is 31.3. The minimum Gasteiger partial charge on any atom is -0.394 e. The van der Waals surface area contributed by atoms with Gasteiger partial charge in [0.25, 0.3) is 15.9 Å². The lowest BCUT2D eigenvalue weighted by molar-refractivity contribution is -0.383. The monoisotopic (exact) mass is 885 g/mol. The van der Waals surface area contributed by atoms with Gasteiger partial charge in [-0.1, -0.05) is 12.1 Å². The van der Waals surface area contributed by atoms with Gasteiger partial charge in [0.2, 0.25) is 11.6 Å². The van der Waals surface area contributed by atoms with Gasteiger partial charge in [0.1, 0.15) is 97.0 Å². The number of nitrogens with one attached hydrogen (secondary N) is 1. The van der Waals surface area contributed by atoms with E-state index in [4.69, 9.17) is 70.4 Å². The number of aliphatic hydroxyl groups is 18. The van der Waals surface area contributed by atoms with Crippen molar-refractivity contribution < 1.29 is 129 Å². The van der Waals surface area contributed by atoms with Gasteiger partial charge in [0.15, 0.2) is 12.6 Å². The number of aldehydes is 1. The van der Waals surface area contributed by atoms with Crippen LogP contribution in [-0.4, -0.2) is 255 Å². The Morgan fingerprint density at radius 3 is 1.71 bits per heavy atom. The average molecular weight is 886 g/mol. The summed E-state index contributed by atoms with van der Waals surface area (Å²) in [6.45, 7) is -4.44. The van der Waals surface area contributed by atoms with Crippen molar-refractivity contribution in [3.05, 3.63) is 29.8 Å². The summed E-state index contributed by atoms with van der Waals surface area (Å²) in [5.41, 5.74) is 0.220. The highest BCUT2D eigenvalue weighted by Gasteiger charge is 2.58. The number of hydrogen-bond acceptors (Lipinski definition) is 26. The summed E-state index contributed by atoms with van der Waals surface area (Å²) in [7, 11) is -3.55. The molecule has 28 heteroatoms. The zero-order chi connectivity index (χ0) is 45.2. The van der Waals surface area contributed by atoms with E-state index in [2.05, 4.69) is 4.74 Å². The Bertz CT molecular complexity index is 1570. The van der Waals surface area contributed by atoms with Crippen LogP contribution in [0.3, 0.4) is 0 Å². The molecule has 4 aliphatic heterocycles. The Labute approximate surface area is 333 Å². The maximum absolute atomic E-state index is 11.1. The number of aliphatic hydroxyl groups excluding tert-OH is 17. The molecule has 1 aromatic carbocycles. The predicted octanol–water partition coefficient (Wildman–Crippen LogP) is -11.9. The molecule has 4 heterocycles. The maximum Gasteiger partial charge on any atom is 0.266 e. The highest BCUT2D eigenvalue weighted by atomic mass is 32.2. The lowest BCUT2D eigenvalue weighted by Crippen LogP contribution is -2.62. The van der Waals surface area contributed by atoms with Crippen molar-refractivity contribution >= 4 is 22.2 Å². The first-order valence-electron chi connectivity index (χ1n) is 17.2. The topological polar surface area (TPSA) is 481 Å². The van der Waals surface area contributed by atoms with Crippen LogP contribution in [0.2, 0.25) is 0 Å². The molecule has 27 nitrogen and oxygen atoms in total. The summed E-state index contributed by atoms with van der Waals surface area (Å²) in [6, 6.07) is 6.09. The van der Waals surface area contributed by atoms with Crippen LogP contribution < -0.4 is 4.72 Å². The lowest BCUT2D eigenvalue weighted by atomic mass is 9.99. The standard InChI is InChI=1S/C12H22O11.C7H5NO3S.2C6H12O6/c13-1-4-6(16)8(18)9(19)11(21-4)23-12(3-15)10(20)7(17)5(2-14)22-12;9-7-5-3-1-2-4-6(5)12(10,11)8-7;7-1-3-4(9)5(10)6(11,2-8)12-3;7-1-3(9)5(11)6(12)4(10)2-8/h4-11,13-20H,1-3H2;1-4H,(H,8,9);3-5,7-11H,1-2H2;1,3-6,8-12H,2H2/t4-,5-,6-,7-,8+,9-,10+,11-,12+;;3-,4-,5+,6-;3-,4+,5+,6+/m1.10/s1. The Kier molecular flexibility index (Phi) is 20.0. The zero-order valence-electron chi connectivity index (χ0n) is 30.5. The van der Waals surface area contributed by atoms with Crippen LogP contribution in [0.5, 0.6) is 0 Å². The highest BCUT2D eigenvalue weighted by Crippen LogP contribution is 2.36. The molecule has 17 atom stereocenters. The van der Waals surface area contributed by atoms with E-state index in [0.29, 0.717) is 0 Å². The minimum absolute atomic E-state index is 0.0258. The van der Waals surface area contributed by atoms with Crippen LogP contribution in [0.1, 0.15) is 10.4 Å². The van der Waals surface area contributed by atoms with E-state index < -0.39 is 159 Å². The molecule has 3 saturated heterocycles. The number of rotatable bonds is 12. The first-order valence-corrected chi connectivity index (χ1v) is 18.7. The molecule has 0 aliphatic carbocycles. The van der Waals surface area contributed by atoms with Gasteiger partial charge in [-0.2, -0.15) is 0 Å². The SMILES string of the molecule is O=C1NS(=O)(=O)c2ccccc21.O=C[C@H](O)[C@@H](O)[C@H](O)[C@H](O)CO.OC[C@H]1O[C@@](CO)(O[C@H]2O[C@H](CO)[C@@H](O)[C@H](O)[C@H]2O)[C@@H](O)[C@@H]1O.OC[C@H]1O[C@](O)(CO)[C@@H](O)[C@@H]1O. The highest BCUT2D eigenvalue weighted by molar-refractivity contribution is 7.90. The van der Waals surface area contributed by atoms with Gasteiger partial charge in [-0.3, -0.25) is 4.79 Å². The molecule has 0 unspecified atom stereocenters. The fraction of sp³-hybridized carbons (Fsp3) is 0.742. The molecule has 0 spiro atoms. The second-order valence-electron chi connectivity index (χ2n) is 13.1. The summed E-state index contributed by atoms with van der Waals surface area (Å²) in [4.78, 5) is 21.0. The number of ether oxygens (including phenoxy) is 4. The number of fused-ring (bicyclic) bond motifs is 1. The molecule has 3 fully saturated rings. The third-order valence-corrected chi connectivity index (χ3v) is 10.5. The van der Waals surface area contributed by atoms with Crippen LogP contribution in [0.4, 0.5) is 0 Å². The predicted molar refractivity (Wildman–Crippen MR) is 183 cm³/mol. The van der Waals surface area contributed by atoms with Crippen LogP contribution >= 0.6 is 0 Å². The Balaban J connectivity index is 0.000000287. The second kappa shape index (κ2) is 22.5. The number of sulfonamides is 1. The average Bonchev–Trinajstić information content (AvgIpc) is 3.73. The van der Waals surface area contributed by atoms with Crippen molar-refractivity contribution in [2.75, 3.05) is 39.6 Å². The Morgan fingerprint density at radius 1 is 0.729 bits per heavy atom. The van der Waals surface area contributed by atoms with Crippen molar-refractivity contribution in [3.8, 4) is 0 Å². The van der Waals surface area contributed by atoms with Crippen molar-refractivity contribution in [2.45, 2.75) is 108 Å². The molecule has 342 valence electrons. The fourth-order valence-corrected chi connectivity index (χ4v) is 6.69. The van der Waals surface area contributed by atoms with E-state index in [9.17, 15) is 53.8 Å². The number of benzene rings is 1. The summed E-state index contributed by atoms with van der Waals surface area (Å²) in [6.07, 6.45) is -23.5. The lowest BCUT2D eigenvalue weighted by Gasteiger charge is -2.43. The van der Waals surface area contributed by atoms with Crippen molar-refractivity contribution in [3.63, 3.8) is 0 Å². The van der Waals surface area contributed by atoms with Gasteiger partial charge in [0.05, 0.1) is 38.6 Å². The number of hydrogen-bond donors (Lipinski definition) is 19. The van der Waals surface area contributed by atoms with Crippen molar-refractivity contribution in [1.82, 2.24) is 4.72 Å². The van der Waals surface area contributed by atoms with Gasteiger partial charge >= 0.3 is 0 Å². The quantitative estimate of drug-likeness (QED) is 0.0867. The minimum atomic E-state index is -3.55. The van der Waals surface area contributed by atoms with E-state index in [1.165, 1.54) is 12.1 Å². The van der Waals surface area contributed by atoms with Crippen molar-refractivity contribution in [1.29, 1.82) is 0 Å². The normalized spacial score (nSPS) is 37.8. The number of carbonyl (C=O) groups excluding carboxylic acids is 2. The molecule has 59 heavy (non-hydrogen) atoms. The van der Waals surface area contributed by atoms with Gasteiger partial charge in [-0.25, -0.2) is 13.1 Å². The van der Waals surface area contributed by atoms with E-state index in [-0.39, 0.29) is 16.7 Å². The van der Waals surface area contributed by atoms with E-state index in [1.54, 1.807) is 12.1 Å². The Morgan fingerprint density at radius 2 is 1.27 bits per heavy atom. The third kappa shape index (κ3) is 12.1. The number of carbonyl (C=O) groups is 2.